The monoisotopic (exact) mass is 263 g/mol. The Morgan fingerprint density at radius 1 is 1.32 bits per heavy atom. The molecule has 0 amide bonds. The van der Waals surface area contributed by atoms with Gasteiger partial charge < -0.3 is 10.5 Å². The summed E-state index contributed by atoms with van der Waals surface area (Å²) in [5.41, 5.74) is 7.94. The van der Waals surface area contributed by atoms with Crippen LogP contribution < -0.4 is 10.5 Å². The molecule has 5 heteroatoms. The number of nitrogen functional groups attached to an aromatic ring is 1. The van der Waals surface area contributed by atoms with Gasteiger partial charge in [0.1, 0.15) is 17.3 Å². The van der Waals surface area contributed by atoms with Gasteiger partial charge in [-0.15, -0.1) is 0 Å². The van der Waals surface area contributed by atoms with Crippen LogP contribution in [0, 0.1) is 19.7 Å². The molecular formula is C14H18FN3O. The molecule has 2 rings (SSSR count). The zero-order valence-corrected chi connectivity index (χ0v) is 11.6. The standard InChI is InChI=1S/C14H18FN3O/c1-8(2)18-14(13(16)10(4)17-18)19-12-6-5-11(15)7-9(12)3/h5-8H,16H2,1-4H3. The highest BCUT2D eigenvalue weighted by Gasteiger charge is 2.17. The highest BCUT2D eigenvalue weighted by Crippen LogP contribution is 2.33. The molecule has 0 aliphatic heterocycles. The predicted octanol–water partition coefficient (Wildman–Crippen LogP) is 3.59. The minimum Gasteiger partial charge on any atom is -0.437 e. The SMILES string of the molecule is Cc1cc(F)ccc1Oc1c(N)c(C)nn1C(C)C. The molecule has 1 heterocycles. The van der Waals surface area contributed by atoms with Crippen molar-refractivity contribution in [2.24, 2.45) is 0 Å². The Labute approximate surface area is 112 Å². The third-order valence-electron chi connectivity index (χ3n) is 2.92. The second kappa shape index (κ2) is 4.91. The first-order valence-corrected chi connectivity index (χ1v) is 6.18. The molecule has 19 heavy (non-hydrogen) atoms. The number of hydrogen-bond donors (Lipinski definition) is 1. The number of halogens is 1. The maximum absolute atomic E-state index is 13.1. The maximum Gasteiger partial charge on any atom is 0.241 e. The average molecular weight is 263 g/mol. The summed E-state index contributed by atoms with van der Waals surface area (Å²) in [7, 11) is 0. The van der Waals surface area contributed by atoms with Crippen molar-refractivity contribution in [2.45, 2.75) is 33.7 Å². The molecule has 0 saturated carbocycles. The van der Waals surface area contributed by atoms with Gasteiger partial charge in [0, 0.05) is 0 Å². The van der Waals surface area contributed by atoms with Crippen molar-refractivity contribution in [3.63, 3.8) is 0 Å². The second-order valence-corrected chi connectivity index (χ2v) is 4.85. The predicted molar refractivity (Wildman–Crippen MR) is 73.0 cm³/mol. The third kappa shape index (κ3) is 2.54. The van der Waals surface area contributed by atoms with Crippen molar-refractivity contribution in [3.05, 3.63) is 35.3 Å². The van der Waals surface area contributed by atoms with Crippen LogP contribution in [0.15, 0.2) is 18.2 Å². The molecule has 0 atom stereocenters. The van der Waals surface area contributed by atoms with Gasteiger partial charge in [-0.25, -0.2) is 9.07 Å². The Bertz CT molecular complexity index is 605. The Hall–Kier alpha value is -2.04. The fourth-order valence-corrected chi connectivity index (χ4v) is 1.82. The molecule has 0 saturated heterocycles. The number of benzene rings is 1. The van der Waals surface area contributed by atoms with Crippen LogP contribution >= 0.6 is 0 Å². The summed E-state index contributed by atoms with van der Waals surface area (Å²) >= 11 is 0. The summed E-state index contributed by atoms with van der Waals surface area (Å²) in [5.74, 6) is 0.795. The molecule has 0 radical (unpaired) electrons. The average Bonchev–Trinajstić information content (AvgIpc) is 2.61. The Kier molecular flexibility index (Phi) is 3.46. The van der Waals surface area contributed by atoms with E-state index in [1.54, 1.807) is 17.7 Å². The number of aryl methyl sites for hydroxylation is 2. The molecule has 0 bridgehead atoms. The van der Waals surface area contributed by atoms with E-state index in [4.69, 9.17) is 10.5 Å². The van der Waals surface area contributed by atoms with Gasteiger partial charge in [0.15, 0.2) is 0 Å². The zero-order valence-electron chi connectivity index (χ0n) is 11.6. The Morgan fingerprint density at radius 2 is 2.00 bits per heavy atom. The maximum atomic E-state index is 13.1. The largest absolute Gasteiger partial charge is 0.437 e. The van der Waals surface area contributed by atoms with Gasteiger partial charge in [-0.1, -0.05) is 0 Å². The van der Waals surface area contributed by atoms with Gasteiger partial charge in [-0.05, 0) is 51.5 Å². The lowest BCUT2D eigenvalue weighted by molar-refractivity contribution is 0.387. The van der Waals surface area contributed by atoms with E-state index in [2.05, 4.69) is 5.10 Å². The van der Waals surface area contributed by atoms with Crippen LogP contribution in [-0.2, 0) is 0 Å². The summed E-state index contributed by atoms with van der Waals surface area (Å²) in [4.78, 5) is 0. The molecule has 0 aliphatic rings. The van der Waals surface area contributed by atoms with Crippen LogP contribution in [0.1, 0.15) is 31.1 Å². The quantitative estimate of drug-likeness (QED) is 0.920. The lowest BCUT2D eigenvalue weighted by Crippen LogP contribution is -2.06. The van der Waals surface area contributed by atoms with Crippen LogP contribution in [-0.4, -0.2) is 9.78 Å². The Morgan fingerprint density at radius 3 is 2.58 bits per heavy atom. The summed E-state index contributed by atoms with van der Waals surface area (Å²) in [6.07, 6.45) is 0. The number of anilines is 1. The molecule has 0 aliphatic carbocycles. The van der Waals surface area contributed by atoms with E-state index in [0.29, 0.717) is 22.9 Å². The molecular weight excluding hydrogens is 245 g/mol. The molecule has 0 spiro atoms. The van der Waals surface area contributed by atoms with Crippen LogP contribution in [0.3, 0.4) is 0 Å². The number of rotatable bonds is 3. The van der Waals surface area contributed by atoms with E-state index in [1.165, 1.54) is 12.1 Å². The van der Waals surface area contributed by atoms with E-state index in [-0.39, 0.29) is 11.9 Å². The Balaban J connectivity index is 2.43. The molecule has 0 unspecified atom stereocenters. The number of ether oxygens (including phenoxy) is 1. The molecule has 4 nitrogen and oxygen atoms in total. The highest BCUT2D eigenvalue weighted by atomic mass is 19.1. The van der Waals surface area contributed by atoms with Gasteiger partial charge in [-0.2, -0.15) is 5.10 Å². The van der Waals surface area contributed by atoms with Crippen molar-refractivity contribution in [3.8, 4) is 11.6 Å². The second-order valence-electron chi connectivity index (χ2n) is 4.85. The molecule has 0 fully saturated rings. The zero-order chi connectivity index (χ0) is 14.2. The lowest BCUT2D eigenvalue weighted by Gasteiger charge is -2.13. The number of nitrogens with zero attached hydrogens (tertiary/aromatic N) is 2. The number of nitrogens with two attached hydrogens (primary N) is 1. The van der Waals surface area contributed by atoms with Crippen molar-refractivity contribution in [1.82, 2.24) is 9.78 Å². The number of aromatic nitrogens is 2. The minimum atomic E-state index is -0.286. The number of hydrogen-bond acceptors (Lipinski definition) is 3. The van der Waals surface area contributed by atoms with Crippen molar-refractivity contribution in [1.29, 1.82) is 0 Å². The molecule has 1 aromatic heterocycles. The molecule has 2 N–H and O–H groups in total. The van der Waals surface area contributed by atoms with E-state index >= 15 is 0 Å². The van der Waals surface area contributed by atoms with Gasteiger partial charge in [-0.3, -0.25) is 0 Å². The summed E-state index contributed by atoms with van der Waals surface area (Å²) in [6.45, 7) is 7.61. The van der Waals surface area contributed by atoms with Crippen LogP contribution in [0.4, 0.5) is 10.1 Å². The van der Waals surface area contributed by atoms with E-state index in [0.717, 1.165) is 5.69 Å². The van der Waals surface area contributed by atoms with E-state index < -0.39 is 0 Å². The van der Waals surface area contributed by atoms with Crippen molar-refractivity contribution in [2.75, 3.05) is 5.73 Å². The first-order valence-electron chi connectivity index (χ1n) is 6.18. The van der Waals surface area contributed by atoms with Crippen molar-refractivity contribution < 1.29 is 9.13 Å². The summed E-state index contributed by atoms with van der Waals surface area (Å²) in [6, 6.07) is 4.51. The van der Waals surface area contributed by atoms with Gasteiger partial charge >= 0.3 is 0 Å². The van der Waals surface area contributed by atoms with Gasteiger partial charge in [0.05, 0.1) is 11.7 Å². The fraction of sp³-hybridized carbons (Fsp3) is 0.357. The first kappa shape index (κ1) is 13.4. The molecule has 102 valence electrons. The molecule has 2 aromatic rings. The normalized spacial score (nSPS) is 11.1. The highest BCUT2D eigenvalue weighted by molar-refractivity contribution is 5.54. The van der Waals surface area contributed by atoms with Crippen molar-refractivity contribution >= 4 is 5.69 Å². The fourth-order valence-electron chi connectivity index (χ4n) is 1.82. The smallest absolute Gasteiger partial charge is 0.241 e. The minimum absolute atomic E-state index is 0.131. The molecule has 1 aromatic carbocycles. The van der Waals surface area contributed by atoms with E-state index in [1.807, 2.05) is 20.8 Å². The first-order chi connectivity index (χ1) is 8.90. The van der Waals surface area contributed by atoms with Crippen LogP contribution in [0.2, 0.25) is 0 Å². The third-order valence-corrected chi connectivity index (χ3v) is 2.92. The van der Waals surface area contributed by atoms with Gasteiger partial charge in [0.25, 0.3) is 0 Å². The van der Waals surface area contributed by atoms with Crippen LogP contribution in [0.25, 0.3) is 0 Å². The van der Waals surface area contributed by atoms with E-state index in [9.17, 15) is 4.39 Å². The van der Waals surface area contributed by atoms with Gasteiger partial charge in [0.2, 0.25) is 5.88 Å². The topological polar surface area (TPSA) is 53.1 Å². The lowest BCUT2D eigenvalue weighted by atomic mass is 10.2. The summed E-state index contributed by atoms with van der Waals surface area (Å²) < 4.78 is 20.6. The van der Waals surface area contributed by atoms with Crippen LogP contribution in [0.5, 0.6) is 11.6 Å². The summed E-state index contributed by atoms with van der Waals surface area (Å²) in [5, 5.41) is 4.35.